The van der Waals surface area contributed by atoms with E-state index in [-0.39, 0.29) is 0 Å². The molecule has 26 rings (SSSR count). The first-order valence-corrected chi connectivity index (χ1v) is 44.3. The van der Waals surface area contributed by atoms with Crippen molar-refractivity contribution >= 4 is 164 Å². The molecular weight excluding hydrogens is 1620 g/mol. The van der Waals surface area contributed by atoms with Gasteiger partial charge in [0.1, 0.15) is 22.3 Å². The lowest BCUT2D eigenvalue weighted by atomic mass is 9.92. The Morgan fingerprint density at radius 1 is 0.156 bits per heavy atom. The Hall–Kier alpha value is -16.5. The summed E-state index contributed by atoms with van der Waals surface area (Å²) in [6.07, 6.45) is 0. The number of para-hydroxylation sites is 10. The van der Waals surface area contributed by atoms with Crippen LogP contribution in [0.15, 0.2) is 474 Å². The van der Waals surface area contributed by atoms with Crippen molar-refractivity contribution in [2.45, 2.75) is 0 Å². The number of aromatic nitrogens is 4. The van der Waals surface area contributed by atoms with Crippen LogP contribution in [0.25, 0.3) is 221 Å². The number of benzene rings is 20. The van der Waals surface area contributed by atoms with E-state index in [1.54, 1.807) is 0 Å². The number of anilines is 3. The summed E-state index contributed by atoms with van der Waals surface area (Å²) in [7, 11) is 0. The van der Waals surface area contributed by atoms with Crippen LogP contribution in [0.1, 0.15) is 0 Å². The van der Waals surface area contributed by atoms with Crippen molar-refractivity contribution in [3.63, 3.8) is 0 Å². The summed E-state index contributed by atoms with van der Waals surface area (Å²) in [5.74, 6) is 0. The van der Waals surface area contributed by atoms with Crippen molar-refractivity contribution < 1.29 is 8.83 Å². The lowest BCUT2D eigenvalue weighted by Gasteiger charge is -2.26. The van der Waals surface area contributed by atoms with Gasteiger partial charge in [0.2, 0.25) is 0 Å². The highest BCUT2D eigenvalue weighted by molar-refractivity contribution is 9.10. The van der Waals surface area contributed by atoms with Crippen LogP contribution < -0.4 is 4.90 Å². The third-order valence-corrected chi connectivity index (χ3v) is 26.3. The second-order valence-corrected chi connectivity index (χ2v) is 34.1. The molecule has 20 aromatic carbocycles. The molecule has 0 bridgehead atoms. The zero-order valence-corrected chi connectivity index (χ0v) is 70.9. The summed E-state index contributed by atoms with van der Waals surface area (Å²) in [5.41, 5.74) is 34.8. The Labute approximate surface area is 745 Å². The number of halogens is 1. The average molecular weight is 1700 g/mol. The predicted octanol–water partition coefficient (Wildman–Crippen LogP) is 33.8. The highest BCUT2D eigenvalue weighted by Gasteiger charge is 2.24. The van der Waals surface area contributed by atoms with Crippen molar-refractivity contribution in [3.05, 3.63) is 466 Å². The van der Waals surface area contributed by atoms with Gasteiger partial charge in [0.25, 0.3) is 0 Å². The molecule has 26 aromatic rings. The molecule has 7 nitrogen and oxygen atoms in total. The molecule has 0 spiro atoms. The summed E-state index contributed by atoms with van der Waals surface area (Å²) < 4.78 is 23.2. The molecule has 0 aliphatic carbocycles. The second-order valence-electron chi connectivity index (χ2n) is 33.2. The molecule has 6 aromatic heterocycles. The second kappa shape index (κ2) is 30.5. The van der Waals surface area contributed by atoms with Gasteiger partial charge in [-0.15, -0.1) is 0 Å². The van der Waals surface area contributed by atoms with E-state index >= 15 is 0 Å². The van der Waals surface area contributed by atoms with Gasteiger partial charge in [-0.3, -0.25) is 0 Å². The number of fused-ring (bicyclic) bond motifs is 18. The summed E-state index contributed by atoms with van der Waals surface area (Å²) in [4.78, 5) is 2.34. The number of rotatable bonds is 13. The van der Waals surface area contributed by atoms with Gasteiger partial charge >= 0.3 is 0 Å². The molecule has 8 heteroatoms. The smallest absolute Gasteiger partial charge is 0.135 e. The molecule has 0 saturated heterocycles. The third kappa shape index (κ3) is 12.6. The van der Waals surface area contributed by atoms with Crippen LogP contribution in [0.4, 0.5) is 17.1 Å². The number of nitrogens with zero attached hydrogens (tertiary/aromatic N) is 5. The van der Waals surface area contributed by atoms with Crippen LogP contribution >= 0.6 is 15.9 Å². The number of furan rings is 2. The minimum atomic E-state index is 0.861. The highest BCUT2D eigenvalue weighted by atomic mass is 79.9. The van der Waals surface area contributed by atoms with E-state index in [0.717, 1.165) is 110 Å². The van der Waals surface area contributed by atoms with Crippen molar-refractivity contribution in [1.82, 2.24) is 18.3 Å². The maximum absolute atomic E-state index is 6.33. The monoisotopic (exact) mass is 1700 g/mol. The first-order valence-electron chi connectivity index (χ1n) is 43.5. The first kappa shape index (κ1) is 74.1. The van der Waals surface area contributed by atoms with Crippen LogP contribution in [0.2, 0.25) is 0 Å². The summed E-state index contributed by atoms with van der Waals surface area (Å²) >= 11 is 3.64. The lowest BCUT2D eigenvalue weighted by molar-refractivity contribution is 0.668. The maximum atomic E-state index is 6.33. The van der Waals surface area contributed by atoms with Crippen LogP contribution in [0.3, 0.4) is 0 Å². The Morgan fingerprint density at radius 3 is 0.703 bits per heavy atom. The fraction of sp³-hybridized carbons (Fsp3) is 0. The molecule has 600 valence electrons. The quantitative estimate of drug-likeness (QED) is 0.116. The van der Waals surface area contributed by atoms with Gasteiger partial charge in [0, 0.05) is 109 Å². The SMILES string of the molecule is Brc1ccc(-c2cc(-c3ccc4c(c3)c3ccccc3n4-c3ccccc3)cc(-c3ccc4c(c3)c3ccccc3n4-c3ccccc3)c2)cc1.c1ccc(-n2c3ccccc3c3cc(-c4cc(-c5ccc(N(c6ccc7oc8ccccc8c7c6)c6ccc7oc8ccccc8c7c6)cc5)cc(-c5ccc6c(c5)c5ccccc5n6-c5ccccc5)c4)ccc32)cc1. The minimum Gasteiger partial charge on any atom is -0.456 e. The standard InChI is InChI=1S/C72H45N3O2.C48H31BrN2/c1-3-15-52(16-4-1)74-65-23-11-7-19-57(65)61-42-47(29-35-67(61)74)50-39-49(40-51(41-50)48-30-36-68-62(43-48)58-20-8-12-24-66(58)75(68)53-17-5-2-6-18-53)46-27-31-54(32-28-46)73(55-33-37-71-63(44-55)59-21-9-13-25-69(59)76-71)56-34-38-72-64(45-56)60-22-10-14-26-70(60)77-72;49-38-23-19-32(20-24-38)35-27-36(33-21-25-47-43(30-33)41-15-7-9-17-45(41)50(47)39-11-3-1-4-12-39)29-37(28-35)34-22-26-48-44(31-34)42-16-8-10-18-46(42)51(48)40-13-5-2-6-14-40/h1-45H;1-31H. The van der Waals surface area contributed by atoms with Crippen molar-refractivity contribution in [2.24, 2.45) is 0 Å². The molecule has 0 atom stereocenters. The fourth-order valence-electron chi connectivity index (χ4n) is 19.9. The molecule has 0 aliphatic rings. The lowest BCUT2D eigenvalue weighted by Crippen LogP contribution is -2.09. The van der Waals surface area contributed by atoms with Gasteiger partial charge < -0.3 is 32.0 Å². The Morgan fingerprint density at radius 2 is 0.391 bits per heavy atom. The fourth-order valence-corrected chi connectivity index (χ4v) is 20.1. The zero-order valence-electron chi connectivity index (χ0n) is 69.3. The molecule has 0 saturated carbocycles. The molecule has 128 heavy (non-hydrogen) atoms. The van der Waals surface area contributed by atoms with Crippen molar-refractivity contribution in [3.8, 4) is 89.5 Å². The predicted molar refractivity (Wildman–Crippen MR) is 540 cm³/mol. The molecule has 0 aliphatic heterocycles. The molecule has 0 amide bonds. The largest absolute Gasteiger partial charge is 0.456 e. The topological polar surface area (TPSA) is 49.2 Å². The van der Waals surface area contributed by atoms with Crippen LogP contribution in [0.5, 0.6) is 0 Å². The number of hydrogen-bond acceptors (Lipinski definition) is 3. The molecule has 0 radical (unpaired) electrons. The van der Waals surface area contributed by atoms with E-state index in [2.05, 4.69) is 476 Å². The average Bonchev–Trinajstić information content (AvgIpc) is 1.59. The van der Waals surface area contributed by atoms with E-state index in [0.29, 0.717) is 0 Å². The van der Waals surface area contributed by atoms with Gasteiger partial charge in [-0.1, -0.05) is 246 Å². The van der Waals surface area contributed by atoms with Crippen LogP contribution in [-0.4, -0.2) is 18.3 Å². The van der Waals surface area contributed by atoms with E-state index in [4.69, 9.17) is 8.83 Å². The summed E-state index contributed by atoms with van der Waals surface area (Å²) in [6, 6.07) is 167. The highest BCUT2D eigenvalue weighted by Crippen LogP contribution is 2.47. The Kier molecular flexibility index (Phi) is 17.6. The van der Waals surface area contributed by atoms with Crippen LogP contribution in [-0.2, 0) is 0 Å². The molecule has 0 fully saturated rings. The third-order valence-electron chi connectivity index (χ3n) is 25.8. The number of hydrogen-bond donors (Lipinski definition) is 0. The minimum absolute atomic E-state index is 0.861. The van der Waals surface area contributed by atoms with E-state index < -0.39 is 0 Å². The van der Waals surface area contributed by atoms with Gasteiger partial charge in [0.15, 0.2) is 0 Å². The summed E-state index contributed by atoms with van der Waals surface area (Å²) in [6.45, 7) is 0. The van der Waals surface area contributed by atoms with Gasteiger partial charge in [0.05, 0.1) is 44.1 Å². The van der Waals surface area contributed by atoms with Crippen LogP contribution in [0, 0.1) is 0 Å². The summed E-state index contributed by atoms with van der Waals surface area (Å²) in [5, 5.41) is 14.2. The first-order chi connectivity index (χ1) is 63.3. The maximum Gasteiger partial charge on any atom is 0.135 e. The Balaban J connectivity index is 0.000000151. The molecule has 0 unspecified atom stereocenters. The molecule has 6 heterocycles. The Bertz CT molecular complexity index is 8420. The van der Waals surface area contributed by atoms with Gasteiger partial charge in [-0.05, 0) is 297 Å². The molecular formula is C120H76BrN5O2. The van der Waals surface area contributed by atoms with E-state index in [1.807, 2.05) is 24.3 Å². The van der Waals surface area contributed by atoms with E-state index in [9.17, 15) is 0 Å². The van der Waals surface area contributed by atoms with Crippen molar-refractivity contribution in [1.29, 1.82) is 0 Å². The van der Waals surface area contributed by atoms with Gasteiger partial charge in [-0.2, -0.15) is 0 Å². The van der Waals surface area contributed by atoms with Crippen molar-refractivity contribution in [2.75, 3.05) is 4.90 Å². The normalized spacial score (nSPS) is 11.8. The molecule has 0 N–H and O–H groups in total. The zero-order chi connectivity index (χ0) is 84.4. The van der Waals surface area contributed by atoms with Gasteiger partial charge in [-0.25, -0.2) is 0 Å². The van der Waals surface area contributed by atoms with E-state index in [1.165, 1.54) is 132 Å².